The van der Waals surface area contributed by atoms with Gasteiger partial charge in [-0.15, -0.1) is 0 Å². The molecule has 0 radical (unpaired) electrons. The molecular formula is C13H15ClF3N3O2. The van der Waals surface area contributed by atoms with Crippen LogP contribution in [-0.4, -0.2) is 53.7 Å². The molecule has 1 saturated heterocycles. The molecule has 22 heavy (non-hydrogen) atoms. The van der Waals surface area contributed by atoms with Crippen molar-refractivity contribution >= 4 is 23.4 Å². The fourth-order valence-electron chi connectivity index (χ4n) is 2.26. The van der Waals surface area contributed by atoms with Crippen molar-refractivity contribution in [2.24, 2.45) is 0 Å². The van der Waals surface area contributed by atoms with Gasteiger partial charge >= 0.3 is 12.1 Å². The summed E-state index contributed by atoms with van der Waals surface area (Å²) >= 11 is 5.91. The zero-order chi connectivity index (χ0) is 16.3. The van der Waals surface area contributed by atoms with E-state index in [1.807, 2.05) is 4.90 Å². The zero-order valence-electron chi connectivity index (χ0n) is 11.6. The van der Waals surface area contributed by atoms with Gasteiger partial charge in [0.1, 0.15) is 5.82 Å². The van der Waals surface area contributed by atoms with E-state index in [1.165, 1.54) is 0 Å². The normalized spacial score (nSPS) is 16.8. The van der Waals surface area contributed by atoms with Crippen LogP contribution >= 0.6 is 11.6 Å². The van der Waals surface area contributed by atoms with E-state index in [2.05, 4.69) is 4.98 Å². The fraction of sp³-hybridized carbons (Fsp3) is 0.538. The predicted molar refractivity (Wildman–Crippen MR) is 75.2 cm³/mol. The molecule has 0 amide bonds. The van der Waals surface area contributed by atoms with Gasteiger partial charge in [0.25, 0.3) is 0 Å². The maximum absolute atomic E-state index is 12.6. The summed E-state index contributed by atoms with van der Waals surface area (Å²) in [6.45, 7) is 2.77. The molecule has 2 heterocycles. The molecule has 122 valence electrons. The topological polar surface area (TPSA) is 56.7 Å². The van der Waals surface area contributed by atoms with Gasteiger partial charge in [-0.2, -0.15) is 13.2 Å². The number of aliphatic carboxylic acids is 1. The van der Waals surface area contributed by atoms with E-state index in [4.69, 9.17) is 16.7 Å². The molecule has 1 aliphatic rings. The Labute approximate surface area is 130 Å². The van der Waals surface area contributed by atoms with Crippen LogP contribution in [0.1, 0.15) is 12.0 Å². The van der Waals surface area contributed by atoms with E-state index in [0.717, 1.165) is 12.3 Å². The minimum Gasteiger partial charge on any atom is -0.481 e. The first-order valence-corrected chi connectivity index (χ1v) is 7.07. The second-order valence-corrected chi connectivity index (χ2v) is 5.41. The molecule has 0 unspecified atom stereocenters. The molecule has 0 atom stereocenters. The number of alkyl halides is 3. The largest absolute Gasteiger partial charge is 0.481 e. The number of carbonyl (C=O) groups is 1. The number of piperazine rings is 1. The number of rotatable bonds is 4. The van der Waals surface area contributed by atoms with Crippen LogP contribution < -0.4 is 4.90 Å². The minimum atomic E-state index is -4.47. The second-order valence-electron chi connectivity index (χ2n) is 5.00. The standard InChI is InChI=1S/C13H15ClF3N3O2/c14-10-7-9(13(15,16)17)8-18-12(10)20-5-3-19(4-6-20)2-1-11(21)22/h7-8H,1-6H2,(H,21,22). The number of carboxylic acids is 1. The molecule has 1 fully saturated rings. The first-order valence-electron chi connectivity index (χ1n) is 6.69. The summed E-state index contributed by atoms with van der Waals surface area (Å²) in [6, 6.07) is 0.876. The number of nitrogens with zero attached hydrogens (tertiary/aromatic N) is 3. The van der Waals surface area contributed by atoms with Crippen molar-refractivity contribution in [3.05, 3.63) is 22.8 Å². The Kier molecular flexibility index (Phi) is 5.12. The van der Waals surface area contributed by atoms with Gasteiger partial charge in [-0.1, -0.05) is 11.6 Å². The Morgan fingerprint density at radius 1 is 1.32 bits per heavy atom. The van der Waals surface area contributed by atoms with Gasteiger partial charge in [0.2, 0.25) is 0 Å². The van der Waals surface area contributed by atoms with Crippen molar-refractivity contribution < 1.29 is 23.1 Å². The highest BCUT2D eigenvalue weighted by molar-refractivity contribution is 6.33. The van der Waals surface area contributed by atoms with Crippen LogP contribution in [0, 0.1) is 0 Å². The van der Waals surface area contributed by atoms with Crippen LogP contribution in [0.25, 0.3) is 0 Å². The third kappa shape index (κ3) is 4.23. The second kappa shape index (κ2) is 6.70. The summed E-state index contributed by atoms with van der Waals surface area (Å²) in [7, 11) is 0. The van der Waals surface area contributed by atoms with Crippen molar-refractivity contribution in [1.29, 1.82) is 0 Å². The summed E-state index contributed by atoms with van der Waals surface area (Å²) in [5, 5.41) is 8.61. The molecule has 0 aliphatic carbocycles. The Hall–Kier alpha value is -1.54. The highest BCUT2D eigenvalue weighted by atomic mass is 35.5. The molecule has 1 aromatic rings. The maximum atomic E-state index is 12.6. The Balaban J connectivity index is 1.98. The van der Waals surface area contributed by atoms with E-state index in [-0.39, 0.29) is 11.4 Å². The Morgan fingerprint density at radius 3 is 2.45 bits per heavy atom. The lowest BCUT2D eigenvalue weighted by atomic mass is 10.2. The van der Waals surface area contributed by atoms with Gasteiger partial charge in [0.15, 0.2) is 0 Å². The van der Waals surface area contributed by atoms with E-state index in [9.17, 15) is 18.0 Å². The van der Waals surface area contributed by atoms with Gasteiger partial charge in [-0.25, -0.2) is 4.98 Å². The number of halogens is 4. The molecule has 2 rings (SSSR count). The van der Waals surface area contributed by atoms with Gasteiger partial charge < -0.3 is 10.0 Å². The molecule has 0 bridgehead atoms. The molecule has 0 spiro atoms. The molecule has 1 aromatic heterocycles. The fourth-order valence-corrected chi connectivity index (χ4v) is 2.54. The summed E-state index contributed by atoms with van der Waals surface area (Å²) in [6.07, 6.45) is -3.62. The smallest absolute Gasteiger partial charge is 0.417 e. The quantitative estimate of drug-likeness (QED) is 0.914. The number of hydrogen-bond acceptors (Lipinski definition) is 4. The van der Waals surface area contributed by atoms with Crippen LogP contribution in [-0.2, 0) is 11.0 Å². The van der Waals surface area contributed by atoms with Crippen molar-refractivity contribution in [2.75, 3.05) is 37.6 Å². The monoisotopic (exact) mass is 337 g/mol. The summed E-state index contributed by atoms with van der Waals surface area (Å²) < 4.78 is 37.7. The Bertz CT molecular complexity index is 546. The number of hydrogen-bond donors (Lipinski definition) is 1. The summed E-state index contributed by atoms with van der Waals surface area (Å²) in [4.78, 5) is 18.2. The molecule has 1 N–H and O–H groups in total. The molecule has 9 heteroatoms. The Morgan fingerprint density at radius 2 is 1.95 bits per heavy atom. The molecule has 0 saturated carbocycles. The number of pyridine rings is 1. The lowest BCUT2D eigenvalue weighted by molar-refractivity contribution is -0.138. The van der Waals surface area contributed by atoms with Crippen LogP contribution in [0.5, 0.6) is 0 Å². The van der Waals surface area contributed by atoms with Gasteiger partial charge in [0.05, 0.1) is 17.0 Å². The first kappa shape index (κ1) is 16.8. The maximum Gasteiger partial charge on any atom is 0.417 e. The van der Waals surface area contributed by atoms with Crippen LogP contribution in [0.4, 0.5) is 19.0 Å². The van der Waals surface area contributed by atoms with Crippen LogP contribution in [0.15, 0.2) is 12.3 Å². The van der Waals surface area contributed by atoms with E-state index < -0.39 is 17.7 Å². The lowest BCUT2D eigenvalue weighted by Gasteiger charge is -2.35. The third-order valence-corrected chi connectivity index (χ3v) is 3.74. The highest BCUT2D eigenvalue weighted by Crippen LogP contribution is 2.33. The summed E-state index contributed by atoms with van der Waals surface area (Å²) in [5.41, 5.74) is -0.874. The van der Waals surface area contributed by atoms with E-state index in [0.29, 0.717) is 38.5 Å². The third-order valence-electron chi connectivity index (χ3n) is 3.46. The van der Waals surface area contributed by atoms with E-state index >= 15 is 0 Å². The highest BCUT2D eigenvalue weighted by Gasteiger charge is 2.32. The van der Waals surface area contributed by atoms with Crippen molar-refractivity contribution in [3.63, 3.8) is 0 Å². The SMILES string of the molecule is O=C(O)CCN1CCN(c2ncc(C(F)(F)F)cc2Cl)CC1. The lowest BCUT2D eigenvalue weighted by Crippen LogP contribution is -2.47. The zero-order valence-corrected chi connectivity index (χ0v) is 12.4. The minimum absolute atomic E-state index is 0.0335. The molecular weight excluding hydrogens is 323 g/mol. The number of carboxylic acid groups (broad SMARTS) is 1. The summed E-state index contributed by atoms with van der Waals surface area (Å²) in [5.74, 6) is -0.526. The van der Waals surface area contributed by atoms with Crippen molar-refractivity contribution in [2.45, 2.75) is 12.6 Å². The number of aromatic nitrogens is 1. The molecule has 5 nitrogen and oxygen atoms in total. The number of anilines is 1. The van der Waals surface area contributed by atoms with Gasteiger partial charge in [-0.05, 0) is 6.07 Å². The van der Waals surface area contributed by atoms with Gasteiger partial charge in [-0.3, -0.25) is 9.69 Å². The molecule has 0 aromatic carbocycles. The van der Waals surface area contributed by atoms with Crippen molar-refractivity contribution in [3.8, 4) is 0 Å². The average molecular weight is 338 g/mol. The van der Waals surface area contributed by atoms with Crippen LogP contribution in [0.2, 0.25) is 5.02 Å². The van der Waals surface area contributed by atoms with E-state index in [1.54, 1.807) is 4.90 Å². The first-order chi connectivity index (χ1) is 10.3. The van der Waals surface area contributed by atoms with Crippen molar-refractivity contribution in [1.82, 2.24) is 9.88 Å². The van der Waals surface area contributed by atoms with Gasteiger partial charge in [0, 0.05) is 38.9 Å². The molecule has 1 aliphatic heterocycles. The average Bonchev–Trinajstić information content (AvgIpc) is 2.44. The van der Waals surface area contributed by atoms with Crippen LogP contribution in [0.3, 0.4) is 0 Å². The predicted octanol–water partition coefficient (Wildman–Crippen LogP) is 2.35.